The summed E-state index contributed by atoms with van der Waals surface area (Å²) in [6.07, 6.45) is 7.02. The van der Waals surface area contributed by atoms with E-state index in [4.69, 9.17) is 0 Å². The fourth-order valence-electron chi connectivity index (χ4n) is 3.96. The molecule has 1 saturated carbocycles. The highest BCUT2D eigenvalue weighted by Gasteiger charge is 2.23. The number of amides is 1. The number of phenols is 1. The van der Waals surface area contributed by atoms with Gasteiger partial charge >= 0.3 is 0 Å². The molecule has 1 heterocycles. The molecule has 2 fully saturated rings. The summed E-state index contributed by atoms with van der Waals surface area (Å²) >= 11 is 0. The van der Waals surface area contributed by atoms with Crippen LogP contribution in [0.25, 0.3) is 0 Å². The molecule has 2 aliphatic rings. The first-order chi connectivity index (χ1) is 13.5. The van der Waals surface area contributed by atoms with Crippen molar-refractivity contribution >= 4 is 17.6 Å². The SMILES string of the molecule is CC1CCCCC1NC(=NCCCN1CCCC1=O)Nc1cc(F)ccc1O. The Balaban J connectivity index is 1.64. The van der Waals surface area contributed by atoms with Gasteiger partial charge in [-0.25, -0.2) is 4.39 Å². The Morgan fingerprint density at radius 3 is 2.89 bits per heavy atom. The highest BCUT2D eigenvalue weighted by Crippen LogP contribution is 2.26. The predicted molar refractivity (Wildman–Crippen MR) is 109 cm³/mol. The molecule has 1 saturated heterocycles. The first kappa shape index (κ1) is 20.4. The van der Waals surface area contributed by atoms with Gasteiger partial charge in [0.25, 0.3) is 0 Å². The lowest BCUT2D eigenvalue weighted by molar-refractivity contribution is -0.127. The van der Waals surface area contributed by atoms with Crippen LogP contribution in [0.5, 0.6) is 5.75 Å². The summed E-state index contributed by atoms with van der Waals surface area (Å²) in [5.74, 6) is 0.867. The van der Waals surface area contributed by atoms with Gasteiger partial charge < -0.3 is 20.6 Å². The smallest absolute Gasteiger partial charge is 0.222 e. The number of hydrogen-bond donors (Lipinski definition) is 3. The van der Waals surface area contributed by atoms with E-state index in [1.54, 1.807) is 0 Å². The number of carbonyl (C=O) groups is 1. The molecular weight excluding hydrogens is 359 g/mol. The van der Waals surface area contributed by atoms with Crippen LogP contribution in [0.3, 0.4) is 0 Å². The number of rotatable bonds is 6. The number of carbonyl (C=O) groups excluding carboxylic acids is 1. The number of hydrogen-bond acceptors (Lipinski definition) is 3. The van der Waals surface area contributed by atoms with Crippen molar-refractivity contribution in [3.63, 3.8) is 0 Å². The van der Waals surface area contributed by atoms with Gasteiger partial charge in [-0.1, -0.05) is 19.8 Å². The number of benzene rings is 1. The topological polar surface area (TPSA) is 77.0 Å². The van der Waals surface area contributed by atoms with Crippen LogP contribution in [0.1, 0.15) is 51.9 Å². The third-order valence-corrected chi connectivity index (χ3v) is 5.67. The van der Waals surface area contributed by atoms with Crippen molar-refractivity contribution in [2.24, 2.45) is 10.9 Å². The first-order valence-corrected chi connectivity index (χ1v) is 10.4. The number of phenolic OH excluding ortho intramolecular Hbond substituents is 1. The second-order valence-corrected chi connectivity index (χ2v) is 7.87. The molecule has 0 bridgehead atoms. The minimum Gasteiger partial charge on any atom is -0.506 e. The molecule has 0 aromatic heterocycles. The van der Waals surface area contributed by atoms with E-state index in [0.717, 1.165) is 25.8 Å². The van der Waals surface area contributed by atoms with Gasteiger partial charge in [-0.05, 0) is 43.7 Å². The van der Waals surface area contributed by atoms with Crippen LogP contribution in [0.15, 0.2) is 23.2 Å². The Kier molecular flexibility index (Phi) is 7.12. The molecule has 0 spiro atoms. The Hall–Kier alpha value is -2.31. The summed E-state index contributed by atoms with van der Waals surface area (Å²) in [6, 6.07) is 4.12. The molecule has 3 rings (SSSR count). The molecule has 1 amide bonds. The predicted octanol–water partition coefficient (Wildman–Crippen LogP) is 3.48. The highest BCUT2D eigenvalue weighted by atomic mass is 19.1. The Morgan fingerprint density at radius 2 is 2.14 bits per heavy atom. The van der Waals surface area contributed by atoms with Gasteiger partial charge in [-0.15, -0.1) is 0 Å². The Bertz CT molecular complexity index is 710. The van der Waals surface area contributed by atoms with Crippen molar-refractivity contribution in [3.05, 3.63) is 24.0 Å². The number of aromatic hydroxyl groups is 1. The molecule has 154 valence electrons. The first-order valence-electron chi connectivity index (χ1n) is 10.4. The summed E-state index contributed by atoms with van der Waals surface area (Å²) < 4.78 is 13.6. The zero-order chi connectivity index (χ0) is 19.9. The number of halogens is 1. The molecule has 3 N–H and O–H groups in total. The fraction of sp³-hybridized carbons (Fsp3) is 0.619. The van der Waals surface area contributed by atoms with Crippen molar-refractivity contribution in [1.82, 2.24) is 10.2 Å². The second-order valence-electron chi connectivity index (χ2n) is 7.87. The lowest BCUT2D eigenvalue weighted by atomic mass is 9.86. The van der Waals surface area contributed by atoms with Crippen molar-refractivity contribution in [3.8, 4) is 5.75 Å². The van der Waals surface area contributed by atoms with Crippen LogP contribution < -0.4 is 10.6 Å². The number of anilines is 1. The Labute approximate surface area is 166 Å². The number of aliphatic imine (C=N–C) groups is 1. The lowest BCUT2D eigenvalue weighted by Gasteiger charge is -2.31. The van der Waals surface area contributed by atoms with Crippen molar-refractivity contribution < 1.29 is 14.3 Å². The molecule has 7 heteroatoms. The van der Waals surface area contributed by atoms with Crippen molar-refractivity contribution in [1.29, 1.82) is 0 Å². The summed E-state index contributed by atoms with van der Waals surface area (Å²) in [5.41, 5.74) is 0.296. The van der Waals surface area contributed by atoms with E-state index in [-0.39, 0.29) is 11.7 Å². The third-order valence-electron chi connectivity index (χ3n) is 5.67. The zero-order valence-electron chi connectivity index (χ0n) is 16.6. The van der Waals surface area contributed by atoms with Crippen LogP contribution in [-0.4, -0.2) is 47.5 Å². The van der Waals surface area contributed by atoms with Crippen molar-refractivity contribution in [2.75, 3.05) is 25.0 Å². The summed E-state index contributed by atoms with van der Waals surface area (Å²) in [4.78, 5) is 18.2. The largest absolute Gasteiger partial charge is 0.506 e. The van der Waals surface area contributed by atoms with Crippen LogP contribution >= 0.6 is 0 Å². The summed E-state index contributed by atoms with van der Waals surface area (Å²) in [7, 11) is 0. The molecule has 2 unspecified atom stereocenters. The molecule has 28 heavy (non-hydrogen) atoms. The fourth-order valence-corrected chi connectivity index (χ4v) is 3.96. The van der Waals surface area contributed by atoms with E-state index in [9.17, 15) is 14.3 Å². The van der Waals surface area contributed by atoms with E-state index >= 15 is 0 Å². The molecule has 6 nitrogen and oxygen atoms in total. The van der Waals surface area contributed by atoms with Crippen LogP contribution in [-0.2, 0) is 4.79 Å². The summed E-state index contributed by atoms with van der Waals surface area (Å²) in [6.45, 7) is 4.33. The number of guanidine groups is 1. The average molecular weight is 391 g/mol. The molecule has 1 aromatic carbocycles. The maximum absolute atomic E-state index is 13.6. The second kappa shape index (κ2) is 9.75. The van der Waals surface area contributed by atoms with Gasteiger partial charge in [0.05, 0.1) is 5.69 Å². The number of nitrogens with zero attached hydrogens (tertiary/aromatic N) is 2. The van der Waals surface area contributed by atoms with E-state index in [1.165, 1.54) is 37.5 Å². The van der Waals surface area contributed by atoms with E-state index in [0.29, 0.717) is 43.1 Å². The molecule has 0 radical (unpaired) electrons. The highest BCUT2D eigenvalue weighted by molar-refractivity contribution is 5.95. The monoisotopic (exact) mass is 390 g/mol. The molecular formula is C21H31FN4O2. The van der Waals surface area contributed by atoms with Gasteiger partial charge in [0.1, 0.15) is 11.6 Å². The third kappa shape index (κ3) is 5.59. The minimum atomic E-state index is -0.418. The van der Waals surface area contributed by atoms with Crippen LogP contribution in [0, 0.1) is 11.7 Å². The molecule has 1 aromatic rings. The number of nitrogens with one attached hydrogen (secondary N) is 2. The van der Waals surface area contributed by atoms with Crippen molar-refractivity contribution in [2.45, 2.75) is 57.9 Å². The lowest BCUT2D eigenvalue weighted by Crippen LogP contribution is -2.44. The normalized spacial score (nSPS) is 23.1. The zero-order valence-corrected chi connectivity index (χ0v) is 16.6. The Morgan fingerprint density at radius 1 is 1.32 bits per heavy atom. The van der Waals surface area contributed by atoms with E-state index in [1.807, 2.05) is 4.90 Å². The molecule has 1 aliphatic carbocycles. The van der Waals surface area contributed by atoms with Gasteiger partial charge in [0.15, 0.2) is 5.96 Å². The maximum Gasteiger partial charge on any atom is 0.222 e. The molecule has 2 atom stereocenters. The minimum absolute atomic E-state index is 0.0183. The molecule has 1 aliphatic heterocycles. The van der Waals surface area contributed by atoms with Gasteiger partial charge in [0.2, 0.25) is 5.91 Å². The average Bonchev–Trinajstić information content (AvgIpc) is 3.08. The van der Waals surface area contributed by atoms with Crippen LogP contribution in [0.2, 0.25) is 0 Å². The maximum atomic E-state index is 13.6. The number of likely N-dealkylation sites (tertiary alicyclic amines) is 1. The van der Waals surface area contributed by atoms with E-state index in [2.05, 4.69) is 22.5 Å². The van der Waals surface area contributed by atoms with Crippen LogP contribution in [0.4, 0.5) is 10.1 Å². The van der Waals surface area contributed by atoms with E-state index < -0.39 is 5.82 Å². The summed E-state index contributed by atoms with van der Waals surface area (Å²) in [5, 5.41) is 16.6. The quantitative estimate of drug-likeness (QED) is 0.301. The van der Waals surface area contributed by atoms with Gasteiger partial charge in [-0.2, -0.15) is 0 Å². The van der Waals surface area contributed by atoms with Gasteiger partial charge in [0, 0.05) is 38.2 Å². The van der Waals surface area contributed by atoms with Gasteiger partial charge in [-0.3, -0.25) is 9.79 Å². The standard InChI is InChI=1S/C21H31FN4O2/c1-15-6-2-3-7-17(15)24-21(25-18-14-16(22)9-10-19(18)27)23-11-5-13-26-12-4-8-20(26)28/h9-10,14-15,17,27H,2-8,11-13H2,1H3,(H2,23,24,25).